The highest BCUT2D eigenvalue weighted by Gasteiger charge is 2.68. The molecule has 0 aromatic heterocycles. The summed E-state index contributed by atoms with van der Waals surface area (Å²) in [6, 6.07) is 7.05. The van der Waals surface area contributed by atoms with E-state index in [0.717, 1.165) is 51.4 Å². The fourth-order valence-corrected chi connectivity index (χ4v) is 9.41. The second-order valence-electron chi connectivity index (χ2n) is 12.4. The molecule has 0 radical (unpaired) electrons. The standard InChI is InChI=1S/C34H43ClO4/c1-4-7-8-10-24-21-34(6-3,39-31(37)22-38-27-12-9-11-25(35)20-27)33(5-2)18-17-29-28-16-14-26(36)19-23(28)13-15-30(29)32(24)33/h3,9,11-12,19-20,24,28-30,32H,4-5,7-8,10,13-18,21-22H2,1-2H3/t24?,28?,29?,30?,32?,33-,34-/m0/s1. The molecule has 39 heavy (non-hydrogen) atoms. The van der Waals surface area contributed by atoms with Crippen LogP contribution >= 0.6 is 11.6 Å². The number of halogens is 1. The fourth-order valence-electron chi connectivity index (χ4n) is 9.23. The molecule has 0 bridgehead atoms. The third-order valence-corrected chi connectivity index (χ3v) is 11.0. The molecular formula is C34H43ClO4. The first-order valence-electron chi connectivity index (χ1n) is 15.2. The lowest BCUT2D eigenvalue weighted by Gasteiger charge is -2.57. The highest BCUT2D eigenvalue weighted by molar-refractivity contribution is 6.30. The number of rotatable bonds is 9. The van der Waals surface area contributed by atoms with E-state index in [0.29, 0.717) is 52.6 Å². The number of hydrogen-bond acceptors (Lipinski definition) is 4. The second kappa shape index (κ2) is 11.7. The lowest BCUT2D eigenvalue weighted by atomic mass is 9.48. The van der Waals surface area contributed by atoms with Crippen LogP contribution in [0, 0.1) is 47.3 Å². The van der Waals surface area contributed by atoms with Crippen molar-refractivity contribution in [2.24, 2.45) is 35.0 Å². The zero-order valence-corrected chi connectivity index (χ0v) is 24.3. The van der Waals surface area contributed by atoms with Crippen LogP contribution in [-0.4, -0.2) is 24.0 Å². The maximum absolute atomic E-state index is 13.3. The van der Waals surface area contributed by atoms with Gasteiger partial charge in [-0.15, -0.1) is 6.42 Å². The first-order valence-corrected chi connectivity index (χ1v) is 15.6. The van der Waals surface area contributed by atoms with E-state index < -0.39 is 11.6 Å². The number of fused-ring (bicyclic) bond motifs is 5. The number of ether oxygens (including phenoxy) is 2. The Kier molecular flexibility index (Phi) is 8.48. The van der Waals surface area contributed by atoms with Crippen molar-refractivity contribution in [3.8, 4) is 18.1 Å². The van der Waals surface area contributed by atoms with Crippen molar-refractivity contribution >= 4 is 23.4 Å². The van der Waals surface area contributed by atoms with E-state index in [1.807, 2.05) is 6.08 Å². The SMILES string of the molecule is C#C[C@]1(OC(=O)COc2cccc(Cl)c2)CC(CCCCC)C2C3CCC4=CC(=O)CCC4C3CC[C@@]21CC. The number of ketones is 1. The van der Waals surface area contributed by atoms with Crippen LogP contribution in [0.5, 0.6) is 5.75 Å². The van der Waals surface area contributed by atoms with Gasteiger partial charge in [0.2, 0.25) is 0 Å². The van der Waals surface area contributed by atoms with Gasteiger partial charge in [-0.1, -0.05) is 62.3 Å². The fraction of sp³-hybridized carbons (Fsp3) is 0.647. The molecule has 4 nitrogen and oxygen atoms in total. The lowest BCUT2D eigenvalue weighted by Crippen LogP contribution is -2.55. The molecule has 1 aromatic carbocycles. The Morgan fingerprint density at radius 2 is 2.00 bits per heavy atom. The number of terminal acetylenes is 1. The maximum Gasteiger partial charge on any atom is 0.345 e. The predicted octanol–water partition coefficient (Wildman–Crippen LogP) is 7.97. The second-order valence-corrected chi connectivity index (χ2v) is 12.9. The molecule has 0 aliphatic heterocycles. The van der Waals surface area contributed by atoms with E-state index in [1.165, 1.54) is 24.8 Å². The van der Waals surface area contributed by atoms with Crippen LogP contribution in [0.1, 0.15) is 90.9 Å². The van der Waals surface area contributed by atoms with Gasteiger partial charge >= 0.3 is 5.97 Å². The Hall–Kier alpha value is -2.25. The molecule has 0 N–H and O–H groups in total. The molecular weight excluding hydrogens is 508 g/mol. The summed E-state index contributed by atoms with van der Waals surface area (Å²) in [4.78, 5) is 25.5. The number of carbonyl (C=O) groups is 2. The normalized spacial score (nSPS) is 35.2. The van der Waals surface area contributed by atoms with Crippen LogP contribution in [0.25, 0.3) is 0 Å². The van der Waals surface area contributed by atoms with E-state index in [9.17, 15) is 9.59 Å². The van der Waals surface area contributed by atoms with Gasteiger partial charge in [0.05, 0.1) is 0 Å². The average Bonchev–Trinajstić information content (AvgIpc) is 3.21. The van der Waals surface area contributed by atoms with E-state index in [-0.39, 0.29) is 12.0 Å². The van der Waals surface area contributed by atoms with E-state index in [1.54, 1.807) is 24.3 Å². The molecule has 4 aliphatic carbocycles. The van der Waals surface area contributed by atoms with Crippen LogP contribution in [0.3, 0.4) is 0 Å². The van der Waals surface area contributed by atoms with E-state index in [2.05, 4.69) is 19.8 Å². The highest BCUT2D eigenvalue weighted by atomic mass is 35.5. The third-order valence-electron chi connectivity index (χ3n) is 10.7. The van der Waals surface area contributed by atoms with Gasteiger partial charge in [-0.25, -0.2) is 4.79 Å². The smallest absolute Gasteiger partial charge is 0.345 e. The summed E-state index contributed by atoms with van der Waals surface area (Å²) in [5.41, 5.74) is 0.253. The van der Waals surface area contributed by atoms with Crippen LogP contribution in [0.2, 0.25) is 5.02 Å². The van der Waals surface area contributed by atoms with Gasteiger partial charge in [0, 0.05) is 23.3 Å². The summed E-state index contributed by atoms with van der Waals surface area (Å²) < 4.78 is 12.2. The van der Waals surface area contributed by atoms with Crippen LogP contribution in [-0.2, 0) is 14.3 Å². The Balaban J connectivity index is 1.42. The zero-order valence-electron chi connectivity index (χ0n) is 23.6. The molecule has 0 spiro atoms. The van der Waals surface area contributed by atoms with Crippen molar-refractivity contribution < 1.29 is 19.1 Å². The summed E-state index contributed by atoms with van der Waals surface area (Å²) >= 11 is 6.09. The quantitative estimate of drug-likeness (QED) is 0.178. The molecule has 0 saturated heterocycles. The average molecular weight is 551 g/mol. The van der Waals surface area contributed by atoms with Crippen molar-refractivity contribution in [2.45, 2.75) is 96.5 Å². The minimum Gasteiger partial charge on any atom is -0.482 e. The molecule has 3 saturated carbocycles. The molecule has 0 amide bonds. The predicted molar refractivity (Wildman–Crippen MR) is 154 cm³/mol. The van der Waals surface area contributed by atoms with E-state index in [4.69, 9.17) is 27.5 Å². The molecule has 5 heteroatoms. The first kappa shape index (κ1) is 28.3. The van der Waals surface area contributed by atoms with Crippen molar-refractivity contribution in [3.63, 3.8) is 0 Å². The Labute approximate surface area is 239 Å². The summed E-state index contributed by atoms with van der Waals surface area (Å²) in [7, 11) is 0. The zero-order chi connectivity index (χ0) is 27.6. The van der Waals surface area contributed by atoms with Crippen molar-refractivity contribution in [3.05, 3.63) is 40.9 Å². The molecule has 0 heterocycles. The third kappa shape index (κ3) is 5.17. The minimum atomic E-state index is -0.915. The van der Waals surface area contributed by atoms with Gasteiger partial charge in [-0.2, -0.15) is 0 Å². The van der Waals surface area contributed by atoms with Gasteiger partial charge in [0.25, 0.3) is 0 Å². The van der Waals surface area contributed by atoms with Gasteiger partial charge in [-0.05, 0) is 98.8 Å². The van der Waals surface area contributed by atoms with Gasteiger partial charge in [0.15, 0.2) is 18.0 Å². The van der Waals surface area contributed by atoms with E-state index >= 15 is 0 Å². The molecule has 210 valence electrons. The lowest BCUT2D eigenvalue weighted by molar-refractivity contribution is -0.175. The van der Waals surface area contributed by atoms with Crippen molar-refractivity contribution in [1.82, 2.24) is 0 Å². The Morgan fingerprint density at radius 1 is 1.15 bits per heavy atom. The molecule has 1 aromatic rings. The maximum atomic E-state index is 13.3. The number of hydrogen-bond donors (Lipinski definition) is 0. The molecule has 4 aliphatic rings. The summed E-state index contributed by atoms with van der Waals surface area (Å²) in [6.07, 6.45) is 20.6. The van der Waals surface area contributed by atoms with Gasteiger partial charge in [-0.3, -0.25) is 4.79 Å². The Morgan fingerprint density at radius 3 is 2.74 bits per heavy atom. The molecule has 7 atom stereocenters. The Bertz CT molecular complexity index is 1150. The highest BCUT2D eigenvalue weighted by Crippen LogP contribution is 2.69. The number of allylic oxidation sites excluding steroid dienone is 1. The van der Waals surface area contributed by atoms with Gasteiger partial charge in [0.1, 0.15) is 5.75 Å². The largest absolute Gasteiger partial charge is 0.482 e. The summed E-state index contributed by atoms with van der Waals surface area (Å²) in [5.74, 6) is 6.13. The van der Waals surface area contributed by atoms with Crippen LogP contribution in [0.15, 0.2) is 35.9 Å². The minimum absolute atomic E-state index is 0.189. The number of esters is 1. The number of unbranched alkanes of at least 4 members (excludes halogenated alkanes) is 2. The molecule has 5 unspecified atom stereocenters. The number of benzene rings is 1. The van der Waals surface area contributed by atoms with Crippen LogP contribution in [0.4, 0.5) is 0 Å². The van der Waals surface area contributed by atoms with Gasteiger partial charge < -0.3 is 9.47 Å². The molecule has 3 fully saturated rings. The summed E-state index contributed by atoms with van der Waals surface area (Å²) in [6.45, 7) is 4.30. The van der Waals surface area contributed by atoms with Crippen molar-refractivity contribution in [1.29, 1.82) is 0 Å². The topological polar surface area (TPSA) is 52.6 Å². The summed E-state index contributed by atoms with van der Waals surface area (Å²) in [5, 5.41) is 0.559. The number of carbonyl (C=O) groups excluding carboxylic acids is 2. The monoisotopic (exact) mass is 550 g/mol. The van der Waals surface area contributed by atoms with Crippen molar-refractivity contribution in [2.75, 3.05) is 6.61 Å². The van der Waals surface area contributed by atoms with Crippen LogP contribution < -0.4 is 4.74 Å². The first-order chi connectivity index (χ1) is 18.9. The molecule has 5 rings (SSSR count).